The normalized spacial score (nSPS) is 18.1. The molecule has 3 aliphatic rings. The average molecular weight is 847 g/mol. The topological polar surface area (TPSA) is 9.86 Å². The summed E-state index contributed by atoms with van der Waals surface area (Å²) in [6.45, 7) is 12.4. The summed E-state index contributed by atoms with van der Waals surface area (Å²) >= 11 is -1.61. The Balaban J connectivity index is 0.000000402. The summed E-state index contributed by atoms with van der Waals surface area (Å²) in [4.78, 5) is 0. The molecule has 4 aromatic rings. The van der Waals surface area contributed by atoms with E-state index in [4.69, 9.17) is 19.4 Å². The number of benzene rings is 3. The molecule has 1 aromatic heterocycles. The molecule has 3 aromatic carbocycles. The van der Waals surface area contributed by atoms with Crippen LogP contribution in [0.4, 0.5) is 0 Å². The van der Waals surface area contributed by atoms with Crippen molar-refractivity contribution in [3.8, 4) is 11.4 Å². The van der Waals surface area contributed by atoms with E-state index in [0.717, 1.165) is 22.5 Å². The van der Waals surface area contributed by atoms with E-state index in [9.17, 15) is 0 Å². The van der Waals surface area contributed by atoms with Gasteiger partial charge in [0.1, 0.15) is 5.20 Å². The van der Waals surface area contributed by atoms with Gasteiger partial charge in [-0.25, -0.2) is 0 Å². The summed E-state index contributed by atoms with van der Waals surface area (Å²) < 4.78 is 7.52. The summed E-state index contributed by atoms with van der Waals surface area (Å²) in [6.07, 6.45) is 26.8. The monoisotopic (exact) mass is 846 g/mol. The van der Waals surface area contributed by atoms with Crippen LogP contribution in [0.15, 0.2) is 67.0 Å². The number of nitrogens with zero attached hydrogens (tertiary/aromatic N) is 2. The van der Waals surface area contributed by atoms with Crippen LogP contribution in [0.5, 0.6) is 0 Å². The van der Waals surface area contributed by atoms with Gasteiger partial charge in [-0.05, 0) is 119 Å². The van der Waals surface area contributed by atoms with Gasteiger partial charge in [0.2, 0.25) is 0 Å². The molecule has 0 unspecified atom stereocenters. The van der Waals surface area contributed by atoms with Crippen molar-refractivity contribution >= 4 is 30.9 Å². The molecule has 0 saturated heterocycles. The van der Waals surface area contributed by atoms with Gasteiger partial charge < -0.3 is 9.13 Å². The van der Waals surface area contributed by atoms with E-state index in [1.54, 1.807) is 5.20 Å². The molecule has 7 rings (SSSR count). The summed E-state index contributed by atoms with van der Waals surface area (Å²) in [5.74, 6) is 0. The van der Waals surface area contributed by atoms with Crippen LogP contribution < -0.4 is 0 Å². The number of hydrogen-bond acceptors (Lipinski definition) is 0. The zero-order chi connectivity index (χ0) is 36.8. The third-order valence-corrected chi connectivity index (χ3v) is 20.6. The van der Waals surface area contributed by atoms with Crippen molar-refractivity contribution in [2.24, 2.45) is 0 Å². The van der Waals surface area contributed by atoms with Crippen molar-refractivity contribution in [1.29, 1.82) is 0 Å². The Morgan fingerprint density at radius 3 is 1.21 bits per heavy atom. The molecule has 284 valence electrons. The number of rotatable bonds is 6. The van der Waals surface area contributed by atoms with Crippen LogP contribution in [0.3, 0.4) is 0 Å². The van der Waals surface area contributed by atoms with Crippen molar-refractivity contribution in [1.82, 2.24) is 9.13 Å². The van der Waals surface area contributed by atoms with E-state index < -0.39 is 20.4 Å². The first-order chi connectivity index (χ1) is 25.1. The molecule has 0 atom stereocenters. The molecule has 52 heavy (non-hydrogen) atoms. The third-order valence-electron chi connectivity index (χ3n) is 12.4. The fourth-order valence-electron chi connectivity index (χ4n) is 10.7. The second-order valence-corrected chi connectivity index (χ2v) is 26.2. The molecule has 0 bridgehead atoms. The predicted molar refractivity (Wildman–Crippen MR) is 228 cm³/mol. The second-order valence-electron chi connectivity index (χ2n) is 16.3. The third kappa shape index (κ3) is 8.75. The van der Waals surface area contributed by atoms with Crippen LogP contribution in [0, 0.1) is 46.7 Å². The van der Waals surface area contributed by atoms with E-state index in [0.29, 0.717) is 0 Å². The summed E-state index contributed by atoms with van der Waals surface area (Å²) in [5, 5.41) is 1.75. The van der Waals surface area contributed by atoms with Crippen LogP contribution in [-0.2, 0) is 13.5 Å². The van der Waals surface area contributed by atoms with E-state index in [-0.39, 0.29) is 0 Å². The van der Waals surface area contributed by atoms with Gasteiger partial charge in [0.15, 0.2) is 0 Å². The van der Waals surface area contributed by atoms with Gasteiger partial charge in [0, 0.05) is 12.4 Å². The van der Waals surface area contributed by atoms with Gasteiger partial charge in [0.25, 0.3) is 0 Å². The summed E-state index contributed by atoms with van der Waals surface area (Å²) in [7, 11) is 11.3. The predicted octanol–water partition coefficient (Wildman–Crippen LogP) is 14.4. The van der Waals surface area contributed by atoms with Gasteiger partial charge >= 0.3 is 73.4 Å². The van der Waals surface area contributed by atoms with Crippen molar-refractivity contribution in [2.75, 3.05) is 0 Å². The zero-order valence-corrected chi connectivity index (χ0v) is 36.9. The Labute approximate surface area is 328 Å². The first-order valence-electron chi connectivity index (χ1n) is 20.2. The Hall–Kier alpha value is -1.63. The van der Waals surface area contributed by atoms with Crippen molar-refractivity contribution in [2.45, 2.75) is 155 Å². The molecule has 3 aliphatic carbocycles. The van der Waals surface area contributed by atoms with Crippen LogP contribution in [0.25, 0.3) is 11.4 Å². The second kappa shape index (κ2) is 18.3. The molecule has 1 heterocycles. The number of aryl methyl sites for hydroxylation is 6. The van der Waals surface area contributed by atoms with E-state index in [2.05, 4.69) is 87.3 Å². The maximum atomic E-state index is 5.67. The van der Waals surface area contributed by atoms with Crippen molar-refractivity contribution in [3.05, 3.63) is 111 Å². The standard InChI is InChI=1S/C39H57N2P.C7H6.2ClH.Ru/c1-28-24-30(3)37(31(4)25-28)40-22-23-41(38-32(5)26-29(2)27-33(38)6)39(40)42(34-16-10-7-11-17-34,35-18-12-8-13-19-35)36-20-14-9-15-21-36;1-7-5-3-2-4-6-7;;;/h22-27,34-36H,7-21H2,1-6H3;1-6H;2*1H;/q;;;;+2/p-2. The number of imidazole rings is 1. The zero-order valence-electron chi connectivity index (χ0n) is 32.7. The fourth-order valence-corrected chi connectivity index (χ4v) is 20.1. The van der Waals surface area contributed by atoms with Crippen LogP contribution in [-0.4, -0.2) is 30.7 Å². The van der Waals surface area contributed by atoms with E-state index in [1.807, 2.05) is 34.9 Å². The first kappa shape index (κ1) is 40.0. The Morgan fingerprint density at radius 1 is 0.538 bits per heavy atom. The minimum absolute atomic E-state index is 0.884. The van der Waals surface area contributed by atoms with Gasteiger partial charge in [-0.2, -0.15) is 0 Å². The van der Waals surface area contributed by atoms with Gasteiger partial charge in [-0.3, -0.25) is 0 Å². The van der Waals surface area contributed by atoms with Gasteiger partial charge in [0.05, 0.1) is 11.4 Å². The summed E-state index contributed by atoms with van der Waals surface area (Å²) in [5.41, 5.74) is 15.2. The quantitative estimate of drug-likeness (QED) is 0.135. The number of hydrogen-bond donors (Lipinski definition) is 0. The molecule has 0 spiro atoms. The van der Waals surface area contributed by atoms with Gasteiger partial charge in [-0.15, -0.1) is 0 Å². The van der Waals surface area contributed by atoms with E-state index in [1.165, 1.54) is 141 Å². The molecule has 0 aliphatic heterocycles. The van der Waals surface area contributed by atoms with E-state index >= 15 is 0 Å². The van der Waals surface area contributed by atoms with Crippen LogP contribution >= 0.6 is 26.3 Å². The Kier molecular flexibility index (Phi) is 14.1. The molecule has 0 radical (unpaired) electrons. The minimum atomic E-state index is -1.61. The van der Waals surface area contributed by atoms with Crippen LogP contribution in [0.2, 0.25) is 0 Å². The van der Waals surface area contributed by atoms with Crippen molar-refractivity contribution < 1.29 is 13.5 Å². The Bertz CT molecular complexity index is 1760. The SMILES string of the molecule is Cc1cc(C)c(-n2ccn(-c3c(C)cc(C)cc3C)c2=P(C2CCCCC2)(C2CCCCC2)C2CCCCC2)c(C)c1.[Cl][Ru]([Cl])=[CH]c1ccccc1. The Morgan fingerprint density at radius 2 is 0.885 bits per heavy atom. The molecule has 0 amide bonds. The molecule has 0 N–H and O–H groups in total. The number of halogens is 2. The maximum absolute atomic E-state index is 5.67. The molecular weight excluding hydrogens is 783 g/mol. The van der Waals surface area contributed by atoms with Gasteiger partial charge in [-0.1, -0.05) is 100 Å². The molecule has 3 saturated carbocycles. The first-order valence-corrected chi connectivity index (χ1v) is 27.6. The summed E-state index contributed by atoms with van der Waals surface area (Å²) in [6, 6.07) is 19.6. The van der Waals surface area contributed by atoms with Crippen LogP contribution in [0.1, 0.15) is 135 Å². The van der Waals surface area contributed by atoms with Crippen molar-refractivity contribution in [3.63, 3.8) is 0 Å². The molecule has 6 heteroatoms. The number of aromatic nitrogens is 2. The average Bonchev–Trinajstić information content (AvgIpc) is 3.53. The molecular formula is C46H63Cl2N2PRu. The molecule has 2 nitrogen and oxygen atoms in total. The molecule has 3 fully saturated rings. The fraction of sp³-hybridized carbons (Fsp3) is 0.522.